The highest BCUT2D eigenvalue weighted by atomic mass is 127. The van der Waals surface area contributed by atoms with Gasteiger partial charge in [0, 0.05) is 15.2 Å². The van der Waals surface area contributed by atoms with Crippen molar-refractivity contribution in [1.29, 1.82) is 0 Å². The van der Waals surface area contributed by atoms with Crippen LogP contribution in [0.1, 0.15) is 18.5 Å². The maximum absolute atomic E-state index is 14.7. The lowest BCUT2D eigenvalue weighted by molar-refractivity contribution is -0.0343. The summed E-state index contributed by atoms with van der Waals surface area (Å²) in [5.74, 6) is -1.70. The van der Waals surface area contributed by atoms with Crippen molar-refractivity contribution in [1.82, 2.24) is 24.3 Å². The van der Waals surface area contributed by atoms with Gasteiger partial charge in [-0.05, 0) is 53.8 Å². The Morgan fingerprint density at radius 1 is 1.20 bits per heavy atom. The molecule has 0 aliphatic rings. The average Bonchev–Trinajstić information content (AvgIpc) is 3.20. The Morgan fingerprint density at radius 3 is 2.70 bits per heavy atom. The van der Waals surface area contributed by atoms with E-state index >= 15 is 0 Å². The number of halogens is 3. The van der Waals surface area contributed by atoms with Crippen LogP contribution in [-0.2, 0) is 12.1 Å². The lowest BCUT2D eigenvalue weighted by Gasteiger charge is -2.35. The van der Waals surface area contributed by atoms with E-state index in [1.54, 1.807) is 25.1 Å². The minimum Gasteiger partial charge on any atom is -0.381 e. The van der Waals surface area contributed by atoms with Crippen LogP contribution in [0.15, 0.2) is 60.2 Å². The van der Waals surface area contributed by atoms with Crippen LogP contribution in [0.2, 0.25) is 0 Å². The SMILES string of the molecule is CC(n1cnc2cc(I)ccc2c1=O)C(O)(Cn1cncn1)c1ccc(F)cc1F. The maximum atomic E-state index is 14.7. The molecule has 2 aromatic carbocycles. The molecule has 0 aliphatic heterocycles. The van der Waals surface area contributed by atoms with Crippen molar-refractivity contribution < 1.29 is 13.9 Å². The van der Waals surface area contributed by atoms with Gasteiger partial charge >= 0.3 is 0 Å². The number of hydrogen-bond donors (Lipinski definition) is 1. The van der Waals surface area contributed by atoms with Crippen molar-refractivity contribution in [3.63, 3.8) is 0 Å². The molecule has 2 aromatic heterocycles. The summed E-state index contributed by atoms with van der Waals surface area (Å²) in [5, 5.41) is 16.0. The van der Waals surface area contributed by atoms with Crippen molar-refractivity contribution >= 4 is 33.5 Å². The smallest absolute Gasteiger partial charge is 0.261 e. The number of hydrogen-bond acceptors (Lipinski definition) is 5. The third kappa shape index (κ3) is 3.60. The lowest BCUT2D eigenvalue weighted by atomic mass is 9.86. The van der Waals surface area contributed by atoms with Gasteiger partial charge in [-0.3, -0.25) is 9.36 Å². The first-order valence-corrected chi connectivity index (χ1v) is 10.0. The van der Waals surface area contributed by atoms with Gasteiger partial charge < -0.3 is 5.11 Å². The number of rotatable bonds is 5. The minimum atomic E-state index is -1.95. The van der Waals surface area contributed by atoms with Gasteiger partial charge in [-0.25, -0.2) is 23.4 Å². The predicted molar refractivity (Wildman–Crippen MR) is 114 cm³/mol. The molecule has 0 radical (unpaired) electrons. The molecule has 7 nitrogen and oxygen atoms in total. The van der Waals surface area contributed by atoms with Crippen LogP contribution in [0.25, 0.3) is 10.9 Å². The largest absolute Gasteiger partial charge is 0.381 e. The fraction of sp³-hybridized carbons (Fsp3) is 0.200. The van der Waals surface area contributed by atoms with Gasteiger partial charge in [0.15, 0.2) is 0 Å². The van der Waals surface area contributed by atoms with E-state index in [9.17, 15) is 18.7 Å². The third-order valence-electron chi connectivity index (χ3n) is 5.12. The molecule has 4 aromatic rings. The number of nitrogens with zero attached hydrogens (tertiary/aromatic N) is 5. The van der Waals surface area contributed by atoms with Crippen molar-refractivity contribution in [3.8, 4) is 0 Å². The van der Waals surface area contributed by atoms with Gasteiger partial charge in [-0.15, -0.1) is 0 Å². The molecule has 0 saturated heterocycles. The molecule has 0 aliphatic carbocycles. The van der Waals surface area contributed by atoms with E-state index in [0.29, 0.717) is 17.0 Å². The average molecular weight is 523 g/mol. The second-order valence-corrected chi connectivity index (χ2v) is 8.18. The summed E-state index contributed by atoms with van der Waals surface area (Å²) in [5.41, 5.74) is -1.98. The van der Waals surface area contributed by atoms with Crippen LogP contribution < -0.4 is 5.56 Å². The zero-order valence-electron chi connectivity index (χ0n) is 15.7. The first-order chi connectivity index (χ1) is 14.3. The van der Waals surface area contributed by atoms with E-state index in [1.807, 2.05) is 0 Å². The highest BCUT2D eigenvalue weighted by Crippen LogP contribution is 2.36. The Labute approximate surface area is 183 Å². The van der Waals surface area contributed by atoms with Gasteiger partial charge in [0.05, 0.1) is 29.8 Å². The van der Waals surface area contributed by atoms with E-state index in [0.717, 1.165) is 9.64 Å². The van der Waals surface area contributed by atoms with Crippen molar-refractivity contribution in [2.45, 2.75) is 25.1 Å². The molecule has 2 heterocycles. The van der Waals surface area contributed by atoms with E-state index in [2.05, 4.69) is 37.7 Å². The van der Waals surface area contributed by atoms with Crippen molar-refractivity contribution in [3.05, 3.63) is 86.5 Å². The molecule has 154 valence electrons. The van der Waals surface area contributed by atoms with Crippen LogP contribution in [0.4, 0.5) is 8.78 Å². The van der Waals surface area contributed by atoms with Gasteiger partial charge in [0.25, 0.3) is 5.56 Å². The normalized spacial score (nSPS) is 14.6. The van der Waals surface area contributed by atoms with Gasteiger partial charge in [0.1, 0.15) is 29.9 Å². The molecule has 1 N–H and O–H groups in total. The fourth-order valence-electron chi connectivity index (χ4n) is 3.46. The highest BCUT2D eigenvalue weighted by molar-refractivity contribution is 14.1. The summed E-state index contributed by atoms with van der Waals surface area (Å²) in [6, 6.07) is 7.16. The van der Waals surface area contributed by atoms with Crippen LogP contribution in [0, 0.1) is 15.2 Å². The Bertz CT molecular complexity index is 1280. The van der Waals surface area contributed by atoms with E-state index in [1.165, 1.54) is 34.3 Å². The van der Waals surface area contributed by atoms with E-state index in [4.69, 9.17) is 0 Å². The first-order valence-electron chi connectivity index (χ1n) is 8.96. The maximum Gasteiger partial charge on any atom is 0.261 e. The predicted octanol–water partition coefficient (Wildman–Crippen LogP) is 3.02. The number of aromatic nitrogens is 5. The summed E-state index contributed by atoms with van der Waals surface area (Å²) in [7, 11) is 0. The standard InChI is InChI=1S/C20H16F2IN5O2/c1-12(28-11-25-18-7-14(23)3-4-15(18)19(28)29)20(30,8-27-10-24-9-26-27)16-5-2-13(21)6-17(16)22/h2-7,9-12,30H,8H2,1H3. The number of benzene rings is 2. The van der Waals surface area contributed by atoms with Crippen LogP contribution in [0.3, 0.4) is 0 Å². The molecule has 0 bridgehead atoms. The quantitative estimate of drug-likeness (QED) is 0.407. The van der Waals surface area contributed by atoms with Crippen molar-refractivity contribution in [2.24, 2.45) is 0 Å². The second kappa shape index (κ2) is 7.84. The third-order valence-corrected chi connectivity index (χ3v) is 5.79. The van der Waals surface area contributed by atoms with Gasteiger partial charge in [-0.1, -0.05) is 6.07 Å². The molecular formula is C20H16F2IN5O2. The Balaban J connectivity index is 1.88. The number of aliphatic hydroxyl groups is 1. The highest BCUT2D eigenvalue weighted by Gasteiger charge is 2.41. The zero-order valence-corrected chi connectivity index (χ0v) is 17.9. The molecular weight excluding hydrogens is 507 g/mol. The lowest BCUT2D eigenvalue weighted by Crippen LogP contribution is -2.43. The summed E-state index contributed by atoms with van der Waals surface area (Å²) >= 11 is 2.12. The summed E-state index contributed by atoms with van der Waals surface area (Å²) in [4.78, 5) is 21.3. The molecule has 0 amide bonds. The Hall–Kier alpha value is -2.73. The molecule has 2 atom stereocenters. The zero-order chi connectivity index (χ0) is 21.5. The van der Waals surface area contributed by atoms with Crippen LogP contribution >= 0.6 is 22.6 Å². The van der Waals surface area contributed by atoms with Crippen molar-refractivity contribution in [2.75, 3.05) is 0 Å². The Morgan fingerprint density at radius 2 is 2.00 bits per heavy atom. The summed E-state index contributed by atoms with van der Waals surface area (Å²) in [6.07, 6.45) is 3.96. The molecule has 10 heteroatoms. The summed E-state index contributed by atoms with van der Waals surface area (Å²) in [6.45, 7) is 1.36. The van der Waals surface area contributed by atoms with E-state index in [-0.39, 0.29) is 17.7 Å². The molecule has 0 saturated carbocycles. The molecule has 0 fully saturated rings. The van der Waals surface area contributed by atoms with Gasteiger partial charge in [-0.2, -0.15) is 5.10 Å². The summed E-state index contributed by atoms with van der Waals surface area (Å²) < 4.78 is 31.7. The topological polar surface area (TPSA) is 85.8 Å². The minimum absolute atomic E-state index is 0.165. The molecule has 0 spiro atoms. The fourth-order valence-corrected chi connectivity index (χ4v) is 3.93. The molecule has 4 rings (SSSR count). The molecule has 30 heavy (non-hydrogen) atoms. The first kappa shape index (κ1) is 20.5. The number of fused-ring (bicyclic) bond motifs is 1. The second-order valence-electron chi connectivity index (χ2n) is 6.94. The van der Waals surface area contributed by atoms with E-state index < -0.39 is 23.3 Å². The van der Waals surface area contributed by atoms with Crippen LogP contribution in [0.5, 0.6) is 0 Å². The Kier molecular flexibility index (Phi) is 5.36. The molecule has 2 unspecified atom stereocenters. The van der Waals surface area contributed by atoms with Crippen LogP contribution in [-0.4, -0.2) is 29.4 Å². The monoisotopic (exact) mass is 523 g/mol. The van der Waals surface area contributed by atoms with Gasteiger partial charge in [0.2, 0.25) is 0 Å².